The lowest BCUT2D eigenvalue weighted by atomic mass is 10.1. The van der Waals surface area contributed by atoms with E-state index in [1.807, 2.05) is 13.0 Å². The van der Waals surface area contributed by atoms with Gasteiger partial charge in [-0.1, -0.05) is 0 Å². The molecule has 0 bridgehead atoms. The number of fused-ring (bicyclic) bond motifs is 1. The smallest absolute Gasteiger partial charge is 0.251 e. The maximum atomic E-state index is 13.3. The topological polar surface area (TPSA) is 113 Å². The first-order valence-corrected chi connectivity index (χ1v) is 9.87. The fraction of sp³-hybridized carbons (Fsp3) is 0.217. The molecule has 0 fully saturated rings. The Labute approximate surface area is 179 Å². The fourth-order valence-electron chi connectivity index (χ4n) is 3.13. The molecule has 0 radical (unpaired) electrons. The molecule has 7 nitrogen and oxygen atoms in total. The van der Waals surface area contributed by atoms with Crippen LogP contribution in [0.3, 0.4) is 0 Å². The summed E-state index contributed by atoms with van der Waals surface area (Å²) in [5.41, 5.74) is 3.11. The Morgan fingerprint density at radius 3 is 2.61 bits per heavy atom. The predicted octanol–water partition coefficient (Wildman–Crippen LogP) is 3.91. The molecule has 0 aliphatic carbocycles. The number of ether oxygens (including phenoxy) is 1. The van der Waals surface area contributed by atoms with Crippen LogP contribution in [0.5, 0.6) is 5.75 Å². The van der Waals surface area contributed by atoms with Crippen LogP contribution in [0.25, 0.3) is 22.2 Å². The number of nitrogens with two attached hydrogens (primary N) is 1. The molecule has 0 unspecified atom stereocenters. The van der Waals surface area contributed by atoms with Gasteiger partial charge in [0.05, 0.1) is 29.2 Å². The number of hydrogen-bond donors (Lipinski definition) is 3. The maximum absolute atomic E-state index is 13.3. The van der Waals surface area contributed by atoms with Gasteiger partial charge in [0.25, 0.3) is 5.91 Å². The molecular weight excluding hydrogens is 397 g/mol. The second-order valence-corrected chi connectivity index (χ2v) is 6.88. The molecule has 0 spiro atoms. The third-order valence-electron chi connectivity index (χ3n) is 4.71. The molecule has 3 aromatic rings. The van der Waals surface area contributed by atoms with Crippen molar-refractivity contribution in [1.29, 1.82) is 5.41 Å². The Hall–Kier alpha value is -3.81. The summed E-state index contributed by atoms with van der Waals surface area (Å²) in [6.07, 6.45) is 0.368. The molecule has 160 valence electrons. The Morgan fingerprint density at radius 1 is 1.23 bits per heavy atom. The minimum absolute atomic E-state index is 0.267. The summed E-state index contributed by atoms with van der Waals surface area (Å²) in [7, 11) is 0. The summed E-state index contributed by atoms with van der Waals surface area (Å²) in [5.74, 6) is 5.31. The van der Waals surface area contributed by atoms with E-state index in [1.165, 1.54) is 12.1 Å². The van der Waals surface area contributed by atoms with Gasteiger partial charge in [-0.05, 0) is 56.3 Å². The van der Waals surface area contributed by atoms with Gasteiger partial charge in [0, 0.05) is 35.5 Å². The second-order valence-electron chi connectivity index (χ2n) is 6.88. The number of halogens is 1. The van der Waals surface area contributed by atoms with E-state index in [-0.39, 0.29) is 17.4 Å². The standard InChI is InChI=1S/C23H24FN5O2/c1-3-31-22-13-20(15-4-7-17(24)8-5-15)28-21-12-16(6-9-18(21)22)23(30)27-11-10-19(29-26)14(2)25/h4-9,12-13,25H,3,10-11,26H2,1-2H3,(H,27,30)/b25-14?,29-19-. The first-order chi connectivity index (χ1) is 14.9. The lowest BCUT2D eigenvalue weighted by molar-refractivity contribution is 0.0955. The van der Waals surface area contributed by atoms with Crippen LogP contribution in [0.4, 0.5) is 4.39 Å². The lowest BCUT2D eigenvalue weighted by Gasteiger charge is -2.12. The third kappa shape index (κ3) is 5.22. The number of benzene rings is 2. The highest BCUT2D eigenvalue weighted by Gasteiger charge is 2.13. The molecule has 8 heteroatoms. The van der Waals surface area contributed by atoms with Crippen molar-refractivity contribution in [2.24, 2.45) is 10.9 Å². The maximum Gasteiger partial charge on any atom is 0.251 e. The fourth-order valence-corrected chi connectivity index (χ4v) is 3.13. The van der Waals surface area contributed by atoms with Gasteiger partial charge in [0.15, 0.2) is 0 Å². The van der Waals surface area contributed by atoms with E-state index in [0.717, 1.165) is 10.9 Å². The van der Waals surface area contributed by atoms with Gasteiger partial charge < -0.3 is 21.3 Å². The van der Waals surface area contributed by atoms with Crippen LogP contribution in [0.1, 0.15) is 30.6 Å². The molecule has 1 aromatic heterocycles. The van der Waals surface area contributed by atoms with Crippen molar-refractivity contribution in [2.75, 3.05) is 13.2 Å². The van der Waals surface area contributed by atoms with Gasteiger partial charge in [0.2, 0.25) is 0 Å². The van der Waals surface area contributed by atoms with Crippen molar-refractivity contribution in [3.05, 3.63) is 59.9 Å². The Kier molecular flexibility index (Phi) is 6.92. The Balaban J connectivity index is 1.89. The molecular formula is C23H24FN5O2. The quantitative estimate of drug-likeness (QED) is 0.291. The van der Waals surface area contributed by atoms with Crippen molar-refractivity contribution in [2.45, 2.75) is 20.3 Å². The molecule has 2 aromatic carbocycles. The summed E-state index contributed by atoms with van der Waals surface area (Å²) in [5, 5.41) is 14.7. The van der Waals surface area contributed by atoms with Crippen LogP contribution in [0.15, 0.2) is 53.6 Å². The SMILES string of the molecule is CCOc1cc(-c2ccc(F)cc2)nc2cc(C(=O)NCC/C(=N/N)C(C)=N)ccc12. The van der Waals surface area contributed by atoms with Crippen LogP contribution in [0.2, 0.25) is 0 Å². The van der Waals surface area contributed by atoms with E-state index in [0.29, 0.717) is 47.8 Å². The first kappa shape index (κ1) is 21.9. The number of carbonyl (C=O) groups excluding carboxylic acids is 1. The van der Waals surface area contributed by atoms with Crippen molar-refractivity contribution >= 4 is 28.2 Å². The number of hydrazone groups is 1. The van der Waals surface area contributed by atoms with E-state index in [4.69, 9.17) is 16.0 Å². The summed E-state index contributed by atoms with van der Waals surface area (Å²) in [6.45, 7) is 4.26. The highest BCUT2D eigenvalue weighted by atomic mass is 19.1. The van der Waals surface area contributed by atoms with Crippen molar-refractivity contribution in [3.8, 4) is 17.0 Å². The number of pyridine rings is 1. The van der Waals surface area contributed by atoms with Crippen LogP contribution < -0.4 is 15.9 Å². The third-order valence-corrected chi connectivity index (χ3v) is 4.71. The van der Waals surface area contributed by atoms with Crippen LogP contribution >= 0.6 is 0 Å². The van der Waals surface area contributed by atoms with E-state index >= 15 is 0 Å². The number of hydrogen-bond acceptors (Lipinski definition) is 6. The average Bonchev–Trinajstić information content (AvgIpc) is 2.76. The number of rotatable bonds is 8. The molecule has 0 saturated heterocycles. The van der Waals surface area contributed by atoms with Gasteiger partial charge in [-0.25, -0.2) is 9.37 Å². The monoisotopic (exact) mass is 421 g/mol. The molecule has 0 atom stereocenters. The largest absolute Gasteiger partial charge is 0.493 e. The molecule has 31 heavy (non-hydrogen) atoms. The zero-order valence-corrected chi connectivity index (χ0v) is 17.4. The summed E-state index contributed by atoms with van der Waals surface area (Å²) < 4.78 is 19.1. The summed E-state index contributed by atoms with van der Waals surface area (Å²) in [4.78, 5) is 17.3. The summed E-state index contributed by atoms with van der Waals surface area (Å²) >= 11 is 0. The highest BCUT2D eigenvalue weighted by Crippen LogP contribution is 2.31. The number of nitrogens with zero attached hydrogens (tertiary/aromatic N) is 2. The molecule has 3 rings (SSSR count). The van der Waals surface area contributed by atoms with Gasteiger partial charge in [-0.15, -0.1) is 0 Å². The molecule has 1 heterocycles. The zero-order valence-electron chi connectivity index (χ0n) is 17.4. The molecule has 1 amide bonds. The van der Waals surface area contributed by atoms with Crippen molar-refractivity contribution in [3.63, 3.8) is 0 Å². The van der Waals surface area contributed by atoms with E-state index in [1.54, 1.807) is 37.3 Å². The Bertz CT molecular complexity index is 1140. The van der Waals surface area contributed by atoms with Gasteiger partial charge in [-0.2, -0.15) is 5.10 Å². The van der Waals surface area contributed by atoms with E-state index < -0.39 is 0 Å². The van der Waals surface area contributed by atoms with Crippen LogP contribution in [-0.2, 0) is 0 Å². The minimum Gasteiger partial charge on any atom is -0.493 e. The molecule has 4 N–H and O–H groups in total. The number of amides is 1. The Morgan fingerprint density at radius 2 is 1.97 bits per heavy atom. The van der Waals surface area contributed by atoms with Gasteiger partial charge in [0.1, 0.15) is 11.6 Å². The van der Waals surface area contributed by atoms with E-state index in [2.05, 4.69) is 15.4 Å². The number of nitrogens with one attached hydrogen (secondary N) is 2. The van der Waals surface area contributed by atoms with E-state index in [9.17, 15) is 9.18 Å². The number of aromatic nitrogens is 1. The van der Waals surface area contributed by atoms with Crippen LogP contribution in [0, 0.1) is 11.2 Å². The van der Waals surface area contributed by atoms with Crippen molar-refractivity contribution < 1.29 is 13.9 Å². The normalized spacial score (nSPS) is 11.4. The lowest BCUT2D eigenvalue weighted by Crippen LogP contribution is -2.27. The van der Waals surface area contributed by atoms with Crippen LogP contribution in [-0.4, -0.2) is 35.5 Å². The highest BCUT2D eigenvalue weighted by molar-refractivity contribution is 6.40. The summed E-state index contributed by atoms with van der Waals surface area (Å²) in [6, 6.07) is 13.1. The van der Waals surface area contributed by atoms with Crippen molar-refractivity contribution in [1.82, 2.24) is 10.3 Å². The number of carbonyl (C=O) groups is 1. The molecule has 0 aliphatic heterocycles. The second kappa shape index (κ2) is 9.80. The zero-order chi connectivity index (χ0) is 22.4. The average molecular weight is 421 g/mol. The van der Waals surface area contributed by atoms with Gasteiger partial charge in [-0.3, -0.25) is 4.79 Å². The van der Waals surface area contributed by atoms with Gasteiger partial charge >= 0.3 is 0 Å². The first-order valence-electron chi connectivity index (χ1n) is 9.87. The minimum atomic E-state index is -0.324. The molecule has 0 aliphatic rings. The molecule has 0 saturated carbocycles. The predicted molar refractivity (Wildman–Crippen MR) is 120 cm³/mol.